The molecule has 8 heteroatoms. The van der Waals surface area contributed by atoms with Crippen molar-refractivity contribution in [2.45, 2.75) is 11.8 Å². The first-order valence-electron chi connectivity index (χ1n) is 9.52. The molecule has 0 saturated heterocycles. The molecule has 0 aliphatic heterocycles. The van der Waals surface area contributed by atoms with Crippen molar-refractivity contribution in [1.82, 2.24) is 0 Å². The average molecular weight is 455 g/mol. The molecule has 3 rings (SSSR count). The molecular formula is C24H22O7S. The van der Waals surface area contributed by atoms with Crippen LogP contribution in [0.25, 0.3) is 17.2 Å². The molecule has 0 atom stereocenters. The quantitative estimate of drug-likeness (QED) is 0.394. The molecule has 0 unspecified atom stereocenters. The Morgan fingerprint density at radius 3 is 2.16 bits per heavy atom. The van der Waals surface area contributed by atoms with Gasteiger partial charge >= 0.3 is 16.1 Å². The monoisotopic (exact) mass is 454 g/mol. The van der Waals surface area contributed by atoms with Gasteiger partial charge in [0.15, 0.2) is 11.5 Å². The summed E-state index contributed by atoms with van der Waals surface area (Å²) in [4.78, 5) is 10.9. The van der Waals surface area contributed by atoms with E-state index in [-0.39, 0.29) is 10.6 Å². The van der Waals surface area contributed by atoms with Gasteiger partial charge < -0.3 is 18.8 Å². The van der Waals surface area contributed by atoms with Gasteiger partial charge in [-0.2, -0.15) is 8.42 Å². The van der Waals surface area contributed by atoms with Crippen molar-refractivity contribution in [2.24, 2.45) is 0 Å². The van der Waals surface area contributed by atoms with Crippen LogP contribution in [-0.4, -0.2) is 33.7 Å². The van der Waals surface area contributed by atoms with E-state index in [1.807, 2.05) is 6.92 Å². The zero-order chi connectivity index (χ0) is 23.3. The van der Waals surface area contributed by atoms with Gasteiger partial charge in [-0.3, -0.25) is 0 Å². The van der Waals surface area contributed by atoms with Crippen molar-refractivity contribution in [1.29, 1.82) is 0 Å². The number of hydrogen-bond donors (Lipinski definition) is 1. The van der Waals surface area contributed by atoms with E-state index in [2.05, 4.69) is 0 Å². The number of carboxylic acids is 1. The Labute approximate surface area is 186 Å². The number of hydrogen-bond acceptors (Lipinski definition) is 6. The van der Waals surface area contributed by atoms with Gasteiger partial charge in [-0.25, -0.2) is 4.79 Å². The van der Waals surface area contributed by atoms with Crippen LogP contribution in [-0.2, 0) is 14.9 Å². The molecule has 3 aromatic carbocycles. The number of aliphatic carboxylic acids is 1. The minimum atomic E-state index is -3.96. The van der Waals surface area contributed by atoms with Crippen molar-refractivity contribution in [3.63, 3.8) is 0 Å². The number of carboxylic acid groups (broad SMARTS) is 1. The highest BCUT2D eigenvalue weighted by Gasteiger charge is 2.18. The number of ether oxygens (including phenoxy) is 2. The van der Waals surface area contributed by atoms with Crippen molar-refractivity contribution in [2.75, 3.05) is 14.2 Å². The molecule has 3 aromatic rings. The van der Waals surface area contributed by atoms with Gasteiger partial charge in [0, 0.05) is 11.6 Å². The van der Waals surface area contributed by atoms with Gasteiger partial charge in [0.05, 0.1) is 14.2 Å². The Balaban J connectivity index is 1.95. The molecule has 0 aliphatic carbocycles. The smallest absolute Gasteiger partial charge is 0.339 e. The lowest BCUT2D eigenvalue weighted by molar-refractivity contribution is -0.131. The third kappa shape index (κ3) is 5.28. The SMILES string of the molecule is COc1cc(/C=C/C(=O)O)cc(-c2ccc(OS(=O)(=O)c3ccc(C)cc3)cc2)c1OC. The molecule has 0 radical (unpaired) electrons. The highest BCUT2D eigenvalue weighted by molar-refractivity contribution is 7.87. The van der Waals surface area contributed by atoms with Crippen LogP contribution >= 0.6 is 0 Å². The van der Waals surface area contributed by atoms with Gasteiger partial charge in [-0.05, 0) is 60.5 Å². The first kappa shape index (κ1) is 22.9. The maximum atomic E-state index is 12.5. The molecule has 0 saturated carbocycles. The average Bonchev–Trinajstić information content (AvgIpc) is 2.77. The second-order valence-corrected chi connectivity index (χ2v) is 8.40. The number of benzene rings is 3. The molecule has 0 aliphatic rings. The van der Waals surface area contributed by atoms with Gasteiger partial charge in [0.2, 0.25) is 0 Å². The van der Waals surface area contributed by atoms with Crippen LogP contribution in [0.2, 0.25) is 0 Å². The van der Waals surface area contributed by atoms with Gasteiger partial charge in [-0.1, -0.05) is 29.8 Å². The van der Waals surface area contributed by atoms with Crippen LogP contribution in [0, 0.1) is 6.92 Å². The summed E-state index contributed by atoms with van der Waals surface area (Å²) >= 11 is 0. The minimum absolute atomic E-state index is 0.0662. The van der Waals surface area contributed by atoms with Crippen LogP contribution in [0.4, 0.5) is 0 Å². The molecule has 7 nitrogen and oxygen atoms in total. The fraction of sp³-hybridized carbons (Fsp3) is 0.125. The van der Waals surface area contributed by atoms with E-state index in [0.29, 0.717) is 28.2 Å². The second-order valence-electron chi connectivity index (χ2n) is 6.85. The zero-order valence-electron chi connectivity index (χ0n) is 17.7. The molecule has 32 heavy (non-hydrogen) atoms. The fourth-order valence-corrected chi connectivity index (χ4v) is 3.96. The summed E-state index contributed by atoms with van der Waals surface area (Å²) in [5.74, 6) is -0.0296. The number of aryl methyl sites for hydroxylation is 1. The van der Waals surface area contributed by atoms with E-state index in [1.54, 1.807) is 36.4 Å². The maximum absolute atomic E-state index is 12.5. The largest absolute Gasteiger partial charge is 0.493 e. The van der Waals surface area contributed by atoms with E-state index in [0.717, 1.165) is 11.6 Å². The van der Waals surface area contributed by atoms with Crippen molar-refractivity contribution in [3.8, 4) is 28.4 Å². The molecule has 0 aromatic heterocycles. The fourth-order valence-electron chi connectivity index (χ4n) is 3.03. The molecule has 0 fully saturated rings. The molecule has 166 valence electrons. The Kier molecular flexibility index (Phi) is 6.85. The van der Waals surface area contributed by atoms with Crippen molar-refractivity contribution >= 4 is 22.2 Å². The first-order valence-corrected chi connectivity index (χ1v) is 10.9. The van der Waals surface area contributed by atoms with Crippen molar-refractivity contribution in [3.05, 3.63) is 77.9 Å². The molecule has 0 bridgehead atoms. The Bertz CT molecular complexity index is 1240. The lowest BCUT2D eigenvalue weighted by Crippen LogP contribution is -2.09. The van der Waals surface area contributed by atoms with Gasteiger partial charge in [0.1, 0.15) is 10.6 Å². The summed E-state index contributed by atoms with van der Waals surface area (Å²) in [5.41, 5.74) is 2.89. The van der Waals surface area contributed by atoms with Gasteiger partial charge in [-0.15, -0.1) is 0 Å². The van der Waals surface area contributed by atoms with E-state index in [9.17, 15) is 13.2 Å². The summed E-state index contributed by atoms with van der Waals surface area (Å²) in [6.45, 7) is 1.87. The van der Waals surface area contributed by atoms with Crippen LogP contribution in [0.5, 0.6) is 17.2 Å². The first-order chi connectivity index (χ1) is 15.2. The molecule has 1 N–H and O–H groups in total. The Morgan fingerprint density at radius 1 is 0.938 bits per heavy atom. The summed E-state index contributed by atoms with van der Waals surface area (Å²) < 4.78 is 41.1. The number of rotatable bonds is 8. The van der Waals surface area contributed by atoms with Crippen LogP contribution in [0.15, 0.2) is 71.6 Å². The summed E-state index contributed by atoms with van der Waals surface area (Å²) in [6, 6.07) is 16.2. The van der Waals surface area contributed by atoms with Crippen LogP contribution in [0.1, 0.15) is 11.1 Å². The third-order valence-electron chi connectivity index (χ3n) is 4.60. The second kappa shape index (κ2) is 9.57. The van der Waals surface area contributed by atoms with Gasteiger partial charge in [0.25, 0.3) is 0 Å². The predicted octanol–water partition coefficient (Wildman–Crippen LogP) is 4.54. The molecule has 0 spiro atoms. The number of methoxy groups -OCH3 is 2. The standard InChI is InChI=1S/C24H22O7S/c1-16-4-11-20(12-5-16)32(27,28)31-19-9-7-18(8-10-19)21-14-17(6-13-23(25)26)15-22(29-2)24(21)30-3/h4-15H,1-3H3,(H,25,26)/b13-6+. The van der Waals surface area contributed by atoms with Crippen LogP contribution in [0.3, 0.4) is 0 Å². The van der Waals surface area contributed by atoms with Crippen molar-refractivity contribution < 1.29 is 32.0 Å². The molecular weight excluding hydrogens is 432 g/mol. The topological polar surface area (TPSA) is 99.1 Å². The van der Waals surface area contributed by atoms with E-state index in [4.69, 9.17) is 18.8 Å². The molecule has 0 amide bonds. The minimum Gasteiger partial charge on any atom is -0.493 e. The lowest BCUT2D eigenvalue weighted by atomic mass is 10.0. The highest BCUT2D eigenvalue weighted by Crippen LogP contribution is 2.40. The number of carbonyl (C=O) groups is 1. The zero-order valence-corrected chi connectivity index (χ0v) is 18.5. The maximum Gasteiger partial charge on any atom is 0.339 e. The summed E-state index contributed by atoms with van der Waals surface area (Å²) in [6.07, 6.45) is 2.47. The highest BCUT2D eigenvalue weighted by atomic mass is 32.2. The lowest BCUT2D eigenvalue weighted by Gasteiger charge is -2.15. The summed E-state index contributed by atoms with van der Waals surface area (Å²) in [7, 11) is -0.978. The predicted molar refractivity (Wildman–Crippen MR) is 121 cm³/mol. The third-order valence-corrected chi connectivity index (χ3v) is 5.86. The normalized spacial score (nSPS) is 11.3. The summed E-state index contributed by atoms with van der Waals surface area (Å²) in [5, 5.41) is 8.90. The van der Waals surface area contributed by atoms with Crippen LogP contribution < -0.4 is 13.7 Å². The van der Waals surface area contributed by atoms with E-state index >= 15 is 0 Å². The molecule has 0 heterocycles. The van der Waals surface area contributed by atoms with E-state index < -0.39 is 16.1 Å². The Hall–Kier alpha value is -3.78. The van der Waals surface area contributed by atoms with E-state index in [1.165, 1.54) is 44.6 Å². The Morgan fingerprint density at radius 2 is 1.59 bits per heavy atom.